The third-order valence-corrected chi connectivity index (χ3v) is 5.63. The highest BCUT2D eigenvalue weighted by molar-refractivity contribution is 5.92. The van der Waals surface area contributed by atoms with Crippen LogP contribution in [0, 0.1) is 0 Å². The molecule has 0 amide bonds. The molecule has 0 aliphatic rings. The minimum Gasteiger partial charge on any atom is -0.504 e. The Bertz CT molecular complexity index is 1350. The van der Waals surface area contributed by atoms with Crippen LogP contribution in [0.25, 0.3) is 21.8 Å². The Morgan fingerprint density at radius 1 is 0.781 bits per heavy atom. The van der Waals surface area contributed by atoms with E-state index in [-0.39, 0.29) is 0 Å². The highest BCUT2D eigenvalue weighted by Gasteiger charge is 2.27. The molecule has 9 heteroatoms. The second-order valence-electron chi connectivity index (χ2n) is 7.31. The zero-order valence-corrected chi connectivity index (χ0v) is 17.2. The van der Waals surface area contributed by atoms with E-state index in [0.29, 0.717) is 17.3 Å². The summed E-state index contributed by atoms with van der Waals surface area (Å²) in [4.78, 5) is 14.9. The Kier molecular flexibility index (Phi) is 4.51. The third kappa shape index (κ3) is 2.86. The molecular weight excluding hydrogens is 412 g/mol. The van der Waals surface area contributed by atoms with Crippen molar-refractivity contribution in [2.45, 2.75) is 5.92 Å². The van der Waals surface area contributed by atoms with Gasteiger partial charge in [0.05, 0.1) is 14.2 Å². The first-order chi connectivity index (χ1) is 15.5. The highest BCUT2D eigenvalue weighted by atomic mass is 16.5. The molecule has 0 spiro atoms. The summed E-state index contributed by atoms with van der Waals surface area (Å²) in [6.45, 7) is 0. The van der Waals surface area contributed by atoms with Crippen LogP contribution in [0.4, 0.5) is 0 Å². The Balaban J connectivity index is 1.83. The van der Waals surface area contributed by atoms with Crippen LogP contribution < -0.4 is 9.47 Å². The number of benzene rings is 1. The van der Waals surface area contributed by atoms with Crippen molar-refractivity contribution in [3.05, 3.63) is 65.7 Å². The van der Waals surface area contributed by atoms with Crippen LogP contribution in [0.2, 0.25) is 0 Å². The van der Waals surface area contributed by atoms with Crippen LogP contribution >= 0.6 is 0 Å². The average Bonchev–Trinajstić information content (AvgIpc) is 3.42. The molecule has 0 saturated carbocycles. The molecule has 4 aromatic heterocycles. The maximum atomic E-state index is 10.2. The third-order valence-electron chi connectivity index (χ3n) is 5.63. The first-order valence-corrected chi connectivity index (χ1v) is 9.78. The van der Waals surface area contributed by atoms with Gasteiger partial charge in [-0.05, 0) is 41.0 Å². The highest BCUT2D eigenvalue weighted by Crippen LogP contribution is 2.45. The summed E-state index contributed by atoms with van der Waals surface area (Å²) in [5.41, 5.74) is 3.75. The molecule has 5 rings (SSSR count). The number of rotatable bonds is 5. The first kappa shape index (κ1) is 19.6. The summed E-state index contributed by atoms with van der Waals surface area (Å²) in [6, 6.07) is 6.62. The van der Waals surface area contributed by atoms with E-state index < -0.39 is 23.2 Å². The van der Waals surface area contributed by atoms with E-state index in [2.05, 4.69) is 19.9 Å². The number of nitrogens with zero attached hydrogens (tertiary/aromatic N) is 2. The van der Waals surface area contributed by atoms with E-state index in [1.165, 1.54) is 12.1 Å². The molecule has 0 atom stereocenters. The van der Waals surface area contributed by atoms with Gasteiger partial charge in [0.25, 0.3) is 0 Å². The fourth-order valence-electron chi connectivity index (χ4n) is 4.21. The normalized spacial score (nSPS) is 11.5. The lowest BCUT2D eigenvalue weighted by molar-refractivity contribution is 0.367. The van der Waals surface area contributed by atoms with Crippen LogP contribution in [0.1, 0.15) is 22.6 Å². The van der Waals surface area contributed by atoms with Gasteiger partial charge in [0, 0.05) is 41.5 Å². The van der Waals surface area contributed by atoms with Crippen molar-refractivity contribution in [2.24, 2.45) is 0 Å². The van der Waals surface area contributed by atoms with Crippen LogP contribution in [0.15, 0.2) is 49.1 Å². The number of aromatic hydroxyl groups is 3. The van der Waals surface area contributed by atoms with E-state index in [1.54, 1.807) is 26.6 Å². The average molecular weight is 432 g/mol. The lowest BCUT2D eigenvalue weighted by Crippen LogP contribution is -2.03. The number of ether oxygens (including phenoxy) is 2. The predicted octanol–water partition coefficient (Wildman–Crippen LogP) is 3.75. The predicted molar refractivity (Wildman–Crippen MR) is 118 cm³/mol. The molecule has 32 heavy (non-hydrogen) atoms. The van der Waals surface area contributed by atoms with Gasteiger partial charge in [0.1, 0.15) is 11.0 Å². The smallest absolute Gasteiger partial charge is 0.238 e. The van der Waals surface area contributed by atoms with E-state index in [0.717, 1.165) is 32.9 Å². The van der Waals surface area contributed by atoms with E-state index in [9.17, 15) is 15.3 Å². The van der Waals surface area contributed by atoms with Crippen molar-refractivity contribution < 1.29 is 24.8 Å². The number of aromatic amines is 2. The van der Waals surface area contributed by atoms with E-state index in [4.69, 9.17) is 9.47 Å². The molecule has 4 heterocycles. The number of methoxy groups -OCH3 is 2. The number of fused-ring (bicyclic) bond motifs is 2. The van der Waals surface area contributed by atoms with Gasteiger partial charge >= 0.3 is 0 Å². The molecule has 0 radical (unpaired) electrons. The zero-order chi connectivity index (χ0) is 22.4. The Labute approximate surface area is 181 Å². The van der Waals surface area contributed by atoms with Gasteiger partial charge in [-0.25, -0.2) is 9.97 Å². The van der Waals surface area contributed by atoms with E-state index in [1.807, 2.05) is 24.5 Å². The number of aromatic nitrogens is 4. The zero-order valence-electron chi connectivity index (χ0n) is 17.2. The maximum absolute atomic E-state index is 10.2. The van der Waals surface area contributed by atoms with E-state index >= 15 is 0 Å². The molecule has 0 bridgehead atoms. The van der Waals surface area contributed by atoms with Crippen molar-refractivity contribution in [3.63, 3.8) is 0 Å². The second-order valence-corrected chi connectivity index (χ2v) is 7.31. The number of phenolic OH excluding ortho intramolecular Hbond substituents is 3. The van der Waals surface area contributed by atoms with Crippen molar-refractivity contribution >= 4 is 21.8 Å². The Morgan fingerprint density at radius 2 is 1.25 bits per heavy atom. The van der Waals surface area contributed by atoms with Gasteiger partial charge in [-0.1, -0.05) is 0 Å². The summed E-state index contributed by atoms with van der Waals surface area (Å²) >= 11 is 0. The van der Waals surface area contributed by atoms with Crippen LogP contribution in [0.3, 0.4) is 0 Å². The minimum atomic E-state index is -0.568. The molecule has 5 N–H and O–H groups in total. The molecule has 0 fully saturated rings. The maximum Gasteiger partial charge on any atom is 0.238 e. The molecule has 0 saturated heterocycles. The molecular formula is C23H20N4O5. The summed E-state index contributed by atoms with van der Waals surface area (Å²) < 4.78 is 10.8. The molecule has 1 aromatic carbocycles. The number of nitrogens with one attached hydrogen (secondary N) is 2. The minimum absolute atomic E-state index is 0.414. The number of pyridine rings is 2. The number of hydrogen-bond donors (Lipinski definition) is 5. The largest absolute Gasteiger partial charge is 0.504 e. The van der Waals surface area contributed by atoms with Crippen LogP contribution in [-0.4, -0.2) is 49.5 Å². The molecule has 0 aliphatic heterocycles. The molecule has 5 aromatic rings. The Hall–Kier alpha value is -4.40. The molecule has 9 nitrogen and oxygen atoms in total. The fourth-order valence-corrected chi connectivity index (χ4v) is 4.21. The summed E-state index contributed by atoms with van der Waals surface area (Å²) in [7, 11) is 3.10. The number of H-pyrrole nitrogens is 2. The summed E-state index contributed by atoms with van der Waals surface area (Å²) in [5.74, 6) is -0.926. The topological polar surface area (TPSA) is 137 Å². The first-order valence-electron chi connectivity index (χ1n) is 9.78. The van der Waals surface area contributed by atoms with Crippen molar-refractivity contribution in [1.29, 1.82) is 0 Å². The Morgan fingerprint density at radius 3 is 1.69 bits per heavy atom. The second kappa shape index (κ2) is 7.38. The molecule has 0 unspecified atom stereocenters. The molecule has 162 valence electrons. The van der Waals surface area contributed by atoms with Crippen molar-refractivity contribution in [2.75, 3.05) is 14.2 Å². The van der Waals surface area contributed by atoms with Crippen molar-refractivity contribution in [1.82, 2.24) is 19.9 Å². The van der Waals surface area contributed by atoms with Gasteiger partial charge in [-0.15, -0.1) is 0 Å². The SMILES string of the molecule is COc1nccc2c(C(c3cc(O)c(O)c(O)c3)c3c[nH]c4c(OC)nccc34)c[nH]c12. The lowest BCUT2D eigenvalue weighted by atomic mass is 9.84. The van der Waals surface area contributed by atoms with Gasteiger partial charge in [-0.3, -0.25) is 0 Å². The van der Waals surface area contributed by atoms with Gasteiger partial charge in [0.2, 0.25) is 11.8 Å². The molecule has 0 aliphatic carbocycles. The summed E-state index contributed by atoms with van der Waals surface area (Å²) in [5, 5.41) is 32.1. The van der Waals surface area contributed by atoms with Gasteiger partial charge in [0.15, 0.2) is 17.2 Å². The van der Waals surface area contributed by atoms with Gasteiger partial charge < -0.3 is 34.8 Å². The van der Waals surface area contributed by atoms with Crippen LogP contribution in [0.5, 0.6) is 29.0 Å². The number of hydrogen-bond acceptors (Lipinski definition) is 7. The quantitative estimate of drug-likeness (QED) is 0.267. The standard InChI is InChI=1S/C23H20N4O5/c1-31-22-19-12(3-5-24-22)14(9-26-19)18(11-7-16(28)21(30)17(29)8-11)15-10-27-20-13(15)4-6-25-23(20)32-2/h3-10,18,26-30H,1-2H3. The van der Waals surface area contributed by atoms with Crippen molar-refractivity contribution in [3.8, 4) is 29.0 Å². The summed E-state index contributed by atoms with van der Waals surface area (Å²) in [6.07, 6.45) is 7.00. The van der Waals surface area contributed by atoms with Crippen LogP contribution in [-0.2, 0) is 0 Å². The number of phenols is 3. The lowest BCUT2D eigenvalue weighted by Gasteiger charge is -2.18. The monoisotopic (exact) mass is 432 g/mol. The van der Waals surface area contributed by atoms with Gasteiger partial charge in [-0.2, -0.15) is 0 Å². The fraction of sp³-hybridized carbons (Fsp3) is 0.130.